The van der Waals surface area contributed by atoms with Gasteiger partial charge in [0.15, 0.2) is 9.84 Å². The molecule has 0 saturated carbocycles. The summed E-state index contributed by atoms with van der Waals surface area (Å²) in [6.07, 6.45) is 2.94. The van der Waals surface area contributed by atoms with Crippen molar-refractivity contribution < 1.29 is 8.42 Å². The molecular weight excluding hydrogens is 362 g/mol. The highest BCUT2D eigenvalue weighted by Crippen LogP contribution is 2.33. The summed E-state index contributed by atoms with van der Waals surface area (Å²) >= 11 is 0. The van der Waals surface area contributed by atoms with Gasteiger partial charge in [-0.05, 0) is 38.1 Å². The lowest BCUT2D eigenvalue weighted by Gasteiger charge is -2.13. The van der Waals surface area contributed by atoms with Gasteiger partial charge in [0.1, 0.15) is 5.82 Å². The van der Waals surface area contributed by atoms with Crippen LogP contribution in [-0.2, 0) is 9.84 Å². The molecule has 0 atom stereocenters. The number of hydrogen-bond donors (Lipinski definition) is 2. The second kappa shape index (κ2) is 7.32. The average Bonchev–Trinajstić information content (AvgIpc) is 2.62. The Bertz CT molecular complexity index is 1060. The molecule has 0 amide bonds. The summed E-state index contributed by atoms with van der Waals surface area (Å²) in [5.41, 5.74) is 9.65. The molecule has 140 valence electrons. The summed E-state index contributed by atoms with van der Waals surface area (Å²) in [5.74, 6) is 0.949. The molecule has 2 aromatic heterocycles. The molecule has 0 aliphatic rings. The Labute approximate surface area is 158 Å². The average molecular weight is 383 g/mol. The molecule has 8 heteroatoms. The van der Waals surface area contributed by atoms with E-state index < -0.39 is 9.84 Å². The van der Waals surface area contributed by atoms with Gasteiger partial charge in [-0.1, -0.05) is 12.1 Å². The molecular formula is C19H21N5O2S. The maximum absolute atomic E-state index is 11.7. The molecule has 0 unspecified atom stereocenters. The van der Waals surface area contributed by atoms with E-state index in [0.29, 0.717) is 5.69 Å². The van der Waals surface area contributed by atoms with E-state index >= 15 is 0 Å². The monoisotopic (exact) mass is 383 g/mol. The Morgan fingerprint density at radius 3 is 2.26 bits per heavy atom. The molecule has 0 radical (unpaired) electrons. The van der Waals surface area contributed by atoms with Crippen molar-refractivity contribution in [3.05, 3.63) is 48.3 Å². The quantitative estimate of drug-likeness (QED) is 0.697. The number of hydrogen-bond acceptors (Lipinski definition) is 7. The molecule has 0 aliphatic carbocycles. The number of rotatable bonds is 5. The SMILES string of the molecule is CCNc1ccc(-c2c(C)nc(N)nc2-c2ccc(S(C)(=O)=O)cc2)cn1. The number of benzene rings is 1. The maximum atomic E-state index is 11.7. The fourth-order valence-electron chi connectivity index (χ4n) is 2.84. The second-order valence-electron chi connectivity index (χ2n) is 6.15. The third-order valence-electron chi connectivity index (χ3n) is 4.07. The molecule has 7 nitrogen and oxygen atoms in total. The highest BCUT2D eigenvalue weighted by molar-refractivity contribution is 7.90. The number of nitrogens with two attached hydrogens (primary N) is 1. The number of aromatic nitrogens is 3. The minimum Gasteiger partial charge on any atom is -0.370 e. The number of nitrogens with zero attached hydrogens (tertiary/aromatic N) is 3. The number of aryl methyl sites for hydroxylation is 1. The van der Waals surface area contributed by atoms with Crippen LogP contribution in [-0.4, -0.2) is 36.2 Å². The molecule has 3 aromatic rings. The van der Waals surface area contributed by atoms with Crippen molar-refractivity contribution in [2.45, 2.75) is 18.7 Å². The summed E-state index contributed by atoms with van der Waals surface area (Å²) in [5, 5.41) is 3.16. The Kier molecular flexibility index (Phi) is 5.09. The van der Waals surface area contributed by atoms with Crippen LogP contribution in [0.15, 0.2) is 47.5 Å². The molecule has 0 saturated heterocycles. The molecule has 0 spiro atoms. The molecule has 0 fully saturated rings. The molecule has 3 rings (SSSR count). The van der Waals surface area contributed by atoms with Crippen molar-refractivity contribution in [3.8, 4) is 22.4 Å². The van der Waals surface area contributed by atoms with Gasteiger partial charge in [0.05, 0.1) is 16.3 Å². The molecule has 0 bridgehead atoms. The van der Waals surface area contributed by atoms with Gasteiger partial charge in [-0.15, -0.1) is 0 Å². The van der Waals surface area contributed by atoms with Crippen LogP contribution in [0.3, 0.4) is 0 Å². The van der Waals surface area contributed by atoms with Gasteiger partial charge in [0, 0.05) is 35.7 Å². The van der Waals surface area contributed by atoms with Crippen LogP contribution in [0.5, 0.6) is 0 Å². The van der Waals surface area contributed by atoms with E-state index in [9.17, 15) is 8.42 Å². The number of sulfone groups is 1. The third kappa shape index (κ3) is 4.06. The van der Waals surface area contributed by atoms with E-state index in [-0.39, 0.29) is 10.8 Å². The van der Waals surface area contributed by atoms with Crippen molar-refractivity contribution in [3.63, 3.8) is 0 Å². The fraction of sp³-hybridized carbons (Fsp3) is 0.211. The van der Waals surface area contributed by atoms with E-state index in [1.54, 1.807) is 30.5 Å². The smallest absolute Gasteiger partial charge is 0.220 e. The molecule has 0 aliphatic heterocycles. The predicted molar refractivity (Wildman–Crippen MR) is 107 cm³/mol. The lowest BCUT2D eigenvalue weighted by atomic mass is 9.99. The van der Waals surface area contributed by atoms with Crippen LogP contribution in [0.1, 0.15) is 12.6 Å². The van der Waals surface area contributed by atoms with Gasteiger partial charge < -0.3 is 11.1 Å². The van der Waals surface area contributed by atoms with Crippen molar-refractivity contribution in [2.75, 3.05) is 23.9 Å². The predicted octanol–water partition coefficient (Wildman–Crippen LogP) is 2.93. The second-order valence-corrected chi connectivity index (χ2v) is 8.17. The lowest BCUT2D eigenvalue weighted by Crippen LogP contribution is -2.04. The number of nitrogen functional groups attached to an aromatic ring is 1. The first-order chi connectivity index (χ1) is 12.8. The summed E-state index contributed by atoms with van der Waals surface area (Å²) in [6.45, 7) is 4.65. The maximum Gasteiger partial charge on any atom is 0.220 e. The minimum atomic E-state index is -3.27. The van der Waals surface area contributed by atoms with E-state index in [2.05, 4.69) is 20.3 Å². The fourth-order valence-corrected chi connectivity index (χ4v) is 3.47. The number of anilines is 2. The van der Waals surface area contributed by atoms with Gasteiger partial charge in [0.25, 0.3) is 0 Å². The highest BCUT2D eigenvalue weighted by Gasteiger charge is 2.16. The minimum absolute atomic E-state index is 0.163. The first kappa shape index (κ1) is 18.8. The molecule has 1 aromatic carbocycles. The van der Waals surface area contributed by atoms with Gasteiger partial charge in [-0.25, -0.2) is 23.4 Å². The van der Waals surface area contributed by atoms with Crippen LogP contribution in [0.25, 0.3) is 22.4 Å². The highest BCUT2D eigenvalue weighted by atomic mass is 32.2. The summed E-state index contributed by atoms with van der Waals surface area (Å²) < 4.78 is 23.4. The summed E-state index contributed by atoms with van der Waals surface area (Å²) in [7, 11) is -3.27. The van der Waals surface area contributed by atoms with Gasteiger partial charge >= 0.3 is 0 Å². The number of pyridine rings is 1. The van der Waals surface area contributed by atoms with Crippen molar-refractivity contribution >= 4 is 21.6 Å². The van der Waals surface area contributed by atoms with Gasteiger partial charge in [-0.3, -0.25) is 0 Å². The van der Waals surface area contributed by atoms with E-state index in [1.165, 1.54) is 6.26 Å². The standard InChI is InChI=1S/C19H21N5O2S/c1-4-21-16-10-7-14(11-22-16)17-12(2)23-19(20)24-18(17)13-5-8-15(9-6-13)27(3,25)26/h5-11H,4H2,1-3H3,(H,21,22)(H2,20,23,24). The van der Waals surface area contributed by atoms with Crippen LogP contribution >= 0.6 is 0 Å². The topological polar surface area (TPSA) is 111 Å². The van der Waals surface area contributed by atoms with Crippen LogP contribution in [0.4, 0.5) is 11.8 Å². The van der Waals surface area contributed by atoms with Crippen LogP contribution in [0, 0.1) is 6.92 Å². The van der Waals surface area contributed by atoms with Crippen LogP contribution in [0.2, 0.25) is 0 Å². The Morgan fingerprint density at radius 2 is 1.70 bits per heavy atom. The van der Waals surface area contributed by atoms with Crippen LogP contribution < -0.4 is 11.1 Å². The first-order valence-corrected chi connectivity index (χ1v) is 10.3. The lowest BCUT2D eigenvalue weighted by molar-refractivity contribution is 0.602. The molecule has 2 heterocycles. The third-order valence-corrected chi connectivity index (χ3v) is 5.20. The van der Waals surface area contributed by atoms with Crippen molar-refractivity contribution in [1.29, 1.82) is 0 Å². The van der Waals surface area contributed by atoms with E-state index in [0.717, 1.165) is 34.7 Å². The van der Waals surface area contributed by atoms with Crippen molar-refractivity contribution in [1.82, 2.24) is 15.0 Å². The summed E-state index contributed by atoms with van der Waals surface area (Å²) in [6, 6.07) is 10.4. The Hall–Kier alpha value is -3.00. The molecule has 27 heavy (non-hydrogen) atoms. The molecule has 3 N–H and O–H groups in total. The summed E-state index contributed by atoms with van der Waals surface area (Å²) in [4.78, 5) is 13.3. The largest absolute Gasteiger partial charge is 0.370 e. The Morgan fingerprint density at radius 1 is 1.04 bits per heavy atom. The zero-order valence-corrected chi connectivity index (χ0v) is 16.2. The van der Waals surface area contributed by atoms with Crippen molar-refractivity contribution in [2.24, 2.45) is 0 Å². The normalized spacial score (nSPS) is 11.4. The van der Waals surface area contributed by atoms with Gasteiger partial charge in [-0.2, -0.15) is 0 Å². The first-order valence-electron chi connectivity index (χ1n) is 8.44. The number of nitrogens with one attached hydrogen (secondary N) is 1. The zero-order chi connectivity index (χ0) is 19.6. The van der Waals surface area contributed by atoms with E-state index in [4.69, 9.17) is 5.73 Å². The Balaban J connectivity index is 2.13. The van der Waals surface area contributed by atoms with Gasteiger partial charge in [0.2, 0.25) is 5.95 Å². The zero-order valence-electron chi connectivity index (χ0n) is 15.4. The van der Waals surface area contributed by atoms with E-state index in [1.807, 2.05) is 26.0 Å².